The normalized spacial score (nSPS) is 18.3. The zero-order chi connectivity index (χ0) is 15.0. The number of nitrogens with zero attached hydrogens (tertiary/aromatic N) is 3. The van der Waals surface area contributed by atoms with E-state index in [2.05, 4.69) is 45.4 Å². The fourth-order valence-corrected chi connectivity index (χ4v) is 2.68. The number of rotatable bonds is 3. The van der Waals surface area contributed by atoms with Gasteiger partial charge in [0.15, 0.2) is 12.0 Å². The number of fused-ring (bicyclic) bond motifs is 1. The minimum atomic E-state index is -1.27. The average Bonchev–Trinajstić information content (AvgIpc) is 2.80. The summed E-state index contributed by atoms with van der Waals surface area (Å²) in [6.07, 6.45) is 0.708. The Kier molecular flexibility index (Phi) is 3.45. The predicted molar refractivity (Wildman–Crippen MR) is 79.6 cm³/mol. The number of nitrogens with one attached hydrogen (secondary N) is 1. The zero-order valence-electron chi connectivity index (χ0n) is 12.1. The first-order valence-electron chi connectivity index (χ1n) is 7.04. The SMILES string of the molecule is Cc1ccc2c(c1)[C@H](Nc1nc(N)nc([C@H](C)F)n1)CC2. The molecule has 2 atom stereocenters. The number of hydrogen-bond acceptors (Lipinski definition) is 5. The third-order valence-corrected chi connectivity index (χ3v) is 3.71. The Labute approximate surface area is 122 Å². The Balaban J connectivity index is 1.87. The van der Waals surface area contributed by atoms with Gasteiger partial charge >= 0.3 is 0 Å². The molecule has 1 aromatic carbocycles. The van der Waals surface area contributed by atoms with Crippen molar-refractivity contribution in [1.82, 2.24) is 15.0 Å². The van der Waals surface area contributed by atoms with Crippen molar-refractivity contribution < 1.29 is 4.39 Å². The van der Waals surface area contributed by atoms with Crippen LogP contribution in [0.1, 0.15) is 48.1 Å². The number of nitrogen functional groups attached to an aromatic ring is 1. The van der Waals surface area contributed by atoms with Crippen molar-refractivity contribution in [1.29, 1.82) is 0 Å². The van der Waals surface area contributed by atoms with E-state index in [0.717, 1.165) is 12.8 Å². The summed E-state index contributed by atoms with van der Waals surface area (Å²) < 4.78 is 13.4. The van der Waals surface area contributed by atoms with Crippen LogP contribution in [-0.2, 0) is 6.42 Å². The molecule has 1 aliphatic carbocycles. The first-order chi connectivity index (χ1) is 10.0. The summed E-state index contributed by atoms with van der Waals surface area (Å²) in [5.41, 5.74) is 9.43. The average molecular weight is 287 g/mol. The Morgan fingerprint density at radius 2 is 2.14 bits per heavy atom. The summed E-state index contributed by atoms with van der Waals surface area (Å²) in [5.74, 6) is 0.434. The summed E-state index contributed by atoms with van der Waals surface area (Å²) in [4.78, 5) is 12.0. The second kappa shape index (κ2) is 5.27. The zero-order valence-corrected chi connectivity index (χ0v) is 12.1. The molecule has 2 aromatic rings. The predicted octanol–water partition coefficient (Wildman–Crippen LogP) is 2.89. The minimum Gasteiger partial charge on any atom is -0.368 e. The van der Waals surface area contributed by atoms with Gasteiger partial charge in [-0.05, 0) is 37.8 Å². The molecule has 0 saturated carbocycles. The van der Waals surface area contributed by atoms with E-state index in [4.69, 9.17) is 5.73 Å². The Morgan fingerprint density at radius 1 is 1.33 bits per heavy atom. The Hall–Kier alpha value is -2.24. The summed E-state index contributed by atoms with van der Waals surface area (Å²) in [6.45, 7) is 3.45. The van der Waals surface area contributed by atoms with Crippen LogP contribution in [-0.4, -0.2) is 15.0 Å². The number of anilines is 2. The van der Waals surface area contributed by atoms with Crippen LogP contribution in [0.3, 0.4) is 0 Å². The molecule has 0 bridgehead atoms. The topological polar surface area (TPSA) is 76.7 Å². The van der Waals surface area contributed by atoms with E-state index < -0.39 is 6.17 Å². The van der Waals surface area contributed by atoms with Gasteiger partial charge in [-0.15, -0.1) is 0 Å². The molecule has 0 spiro atoms. The Morgan fingerprint density at radius 3 is 2.90 bits per heavy atom. The van der Waals surface area contributed by atoms with Gasteiger partial charge in [0.25, 0.3) is 0 Å². The Bertz CT molecular complexity index is 671. The van der Waals surface area contributed by atoms with Gasteiger partial charge in [0.1, 0.15) is 0 Å². The van der Waals surface area contributed by atoms with E-state index in [1.165, 1.54) is 23.6 Å². The molecule has 0 amide bonds. The van der Waals surface area contributed by atoms with Crippen LogP contribution >= 0.6 is 0 Å². The van der Waals surface area contributed by atoms with Crippen LogP contribution in [0.2, 0.25) is 0 Å². The van der Waals surface area contributed by atoms with E-state index in [1.54, 1.807) is 0 Å². The van der Waals surface area contributed by atoms with Crippen molar-refractivity contribution in [3.63, 3.8) is 0 Å². The largest absolute Gasteiger partial charge is 0.368 e. The number of alkyl halides is 1. The van der Waals surface area contributed by atoms with Crippen LogP contribution in [0.4, 0.5) is 16.3 Å². The molecule has 3 N–H and O–H groups in total. The number of halogens is 1. The van der Waals surface area contributed by atoms with Crippen LogP contribution in [0.15, 0.2) is 18.2 Å². The van der Waals surface area contributed by atoms with Gasteiger partial charge in [-0.1, -0.05) is 23.8 Å². The molecule has 0 radical (unpaired) electrons. The molecule has 110 valence electrons. The molecule has 6 heteroatoms. The van der Waals surface area contributed by atoms with Crippen molar-refractivity contribution in [2.45, 2.75) is 38.9 Å². The van der Waals surface area contributed by atoms with Gasteiger partial charge in [-0.2, -0.15) is 15.0 Å². The van der Waals surface area contributed by atoms with E-state index in [9.17, 15) is 4.39 Å². The van der Waals surface area contributed by atoms with E-state index in [0.29, 0.717) is 5.95 Å². The van der Waals surface area contributed by atoms with E-state index >= 15 is 0 Å². The molecule has 0 saturated heterocycles. The molecule has 1 aromatic heterocycles. The quantitative estimate of drug-likeness (QED) is 0.907. The van der Waals surface area contributed by atoms with Crippen LogP contribution in [0.25, 0.3) is 0 Å². The maximum absolute atomic E-state index is 13.4. The number of aryl methyl sites for hydroxylation is 2. The summed E-state index contributed by atoms with van der Waals surface area (Å²) in [5, 5.41) is 3.25. The first kappa shape index (κ1) is 13.7. The monoisotopic (exact) mass is 287 g/mol. The lowest BCUT2D eigenvalue weighted by Gasteiger charge is -2.15. The second-order valence-electron chi connectivity index (χ2n) is 5.43. The number of hydrogen-bond donors (Lipinski definition) is 2. The van der Waals surface area contributed by atoms with Gasteiger partial charge in [0.2, 0.25) is 11.9 Å². The smallest absolute Gasteiger partial charge is 0.228 e. The van der Waals surface area contributed by atoms with Crippen molar-refractivity contribution in [2.24, 2.45) is 0 Å². The van der Waals surface area contributed by atoms with Crippen molar-refractivity contribution in [3.05, 3.63) is 40.7 Å². The highest BCUT2D eigenvalue weighted by molar-refractivity contribution is 5.43. The minimum absolute atomic E-state index is 0.0365. The third-order valence-electron chi connectivity index (χ3n) is 3.71. The first-order valence-corrected chi connectivity index (χ1v) is 7.04. The van der Waals surface area contributed by atoms with Gasteiger partial charge in [0.05, 0.1) is 6.04 Å². The number of nitrogens with two attached hydrogens (primary N) is 1. The molecule has 1 heterocycles. The maximum Gasteiger partial charge on any atom is 0.228 e. The second-order valence-corrected chi connectivity index (χ2v) is 5.43. The molecular weight excluding hydrogens is 269 g/mol. The number of aromatic nitrogens is 3. The lowest BCUT2D eigenvalue weighted by molar-refractivity contribution is 0.356. The van der Waals surface area contributed by atoms with E-state index in [1.807, 2.05) is 0 Å². The van der Waals surface area contributed by atoms with Crippen molar-refractivity contribution in [2.75, 3.05) is 11.1 Å². The summed E-state index contributed by atoms with van der Waals surface area (Å²) in [7, 11) is 0. The molecule has 5 nitrogen and oxygen atoms in total. The lowest BCUT2D eigenvalue weighted by atomic mass is 10.1. The third kappa shape index (κ3) is 2.79. The fraction of sp³-hybridized carbons (Fsp3) is 0.400. The summed E-state index contributed by atoms with van der Waals surface area (Å²) >= 11 is 0. The van der Waals surface area contributed by atoms with Crippen molar-refractivity contribution >= 4 is 11.9 Å². The molecule has 0 aliphatic heterocycles. The highest BCUT2D eigenvalue weighted by Crippen LogP contribution is 2.33. The molecule has 0 fully saturated rings. The van der Waals surface area contributed by atoms with Gasteiger partial charge in [0, 0.05) is 0 Å². The highest BCUT2D eigenvalue weighted by Gasteiger charge is 2.23. The van der Waals surface area contributed by atoms with E-state index in [-0.39, 0.29) is 17.8 Å². The lowest BCUT2D eigenvalue weighted by Crippen LogP contribution is -2.13. The van der Waals surface area contributed by atoms with Crippen LogP contribution < -0.4 is 11.1 Å². The van der Waals surface area contributed by atoms with Crippen LogP contribution in [0, 0.1) is 6.92 Å². The standard InChI is InChI=1S/C15H18FN5/c1-8-3-4-10-5-6-12(11(10)7-8)18-15-20-13(9(2)16)19-14(17)21-15/h3-4,7,9,12H,5-6H2,1-2H3,(H3,17,18,19,20,21)/t9-,12+/m0/s1. The van der Waals surface area contributed by atoms with Gasteiger partial charge in [-0.25, -0.2) is 4.39 Å². The molecular formula is C15H18FN5. The molecule has 1 aliphatic rings. The maximum atomic E-state index is 13.4. The van der Waals surface area contributed by atoms with Crippen LogP contribution in [0.5, 0.6) is 0 Å². The molecule has 3 rings (SSSR count). The molecule has 21 heavy (non-hydrogen) atoms. The number of benzene rings is 1. The highest BCUT2D eigenvalue weighted by atomic mass is 19.1. The van der Waals surface area contributed by atoms with Crippen molar-refractivity contribution in [3.8, 4) is 0 Å². The fourth-order valence-electron chi connectivity index (χ4n) is 2.68. The summed E-state index contributed by atoms with van der Waals surface area (Å²) in [6, 6.07) is 6.57. The molecule has 0 unspecified atom stereocenters. The van der Waals surface area contributed by atoms with Gasteiger partial charge < -0.3 is 11.1 Å². The van der Waals surface area contributed by atoms with Gasteiger partial charge in [-0.3, -0.25) is 0 Å².